The van der Waals surface area contributed by atoms with Crippen molar-refractivity contribution in [3.63, 3.8) is 0 Å². The molecule has 94 valence electrons. The van der Waals surface area contributed by atoms with E-state index in [1.54, 1.807) is 29.8 Å². The topological polar surface area (TPSA) is 39.2 Å². The average Bonchev–Trinajstić information content (AvgIpc) is 2.89. The smallest absolute Gasteiger partial charge is 0.169 e. The van der Waals surface area contributed by atoms with E-state index < -0.39 is 0 Å². The molecule has 3 nitrogen and oxygen atoms in total. The lowest BCUT2D eigenvalue weighted by Crippen LogP contribution is -2.04. The summed E-state index contributed by atoms with van der Waals surface area (Å²) in [6, 6.07) is 5.68. The third-order valence-corrected chi connectivity index (χ3v) is 3.30. The van der Waals surface area contributed by atoms with Gasteiger partial charge in [-0.05, 0) is 23.9 Å². The van der Waals surface area contributed by atoms with Gasteiger partial charge in [0.2, 0.25) is 0 Å². The van der Waals surface area contributed by atoms with Crippen LogP contribution in [0.15, 0.2) is 36.0 Å². The SMILES string of the molecule is CCCOc1cncc(C(=O)Cc2cccs2)c1. The van der Waals surface area contributed by atoms with Crippen molar-refractivity contribution in [3.05, 3.63) is 46.4 Å². The van der Waals surface area contributed by atoms with Crippen molar-refractivity contribution in [2.24, 2.45) is 0 Å². The van der Waals surface area contributed by atoms with E-state index in [0.29, 0.717) is 24.3 Å². The van der Waals surface area contributed by atoms with Gasteiger partial charge in [0.1, 0.15) is 5.75 Å². The highest BCUT2D eigenvalue weighted by Crippen LogP contribution is 2.16. The number of rotatable bonds is 6. The maximum absolute atomic E-state index is 12.0. The van der Waals surface area contributed by atoms with Crippen molar-refractivity contribution in [2.45, 2.75) is 19.8 Å². The molecule has 2 heterocycles. The Hall–Kier alpha value is -1.68. The van der Waals surface area contributed by atoms with E-state index >= 15 is 0 Å². The number of ether oxygens (including phenoxy) is 1. The number of carbonyl (C=O) groups is 1. The van der Waals surface area contributed by atoms with Crippen molar-refractivity contribution in [2.75, 3.05) is 6.61 Å². The van der Waals surface area contributed by atoms with E-state index in [-0.39, 0.29) is 5.78 Å². The number of ketones is 1. The Bertz CT molecular complexity index is 508. The molecule has 0 saturated carbocycles. The summed E-state index contributed by atoms with van der Waals surface area (Å²) in [6.45, 7) is 2.68. The van der Waals surface area contributed by atoms with Crippen LogP contribution >= 0.6 is 11.3 Å². The Kier molecular flexibility index (Phi) is 4.47. The van der Waals surface area contributed by atoms with Gasteiger partial charge in [0, 0.05) is 23.1 Å². The predicted molar refractivity (Wildman–Crippen MR) is 72.4 cm³/mol. The number of Topliss-reactive ketones (excluding diaryl/α,β-unsaturated/α-hetero) is 1. The highest BCUT2D eigenvalue weighted by molar-refractivity contribution is 7.10. The lowest BCUT2D eigenvalue weighted by atomic mass is 10.1. The quantitative estimate of drug-likeness (QED) is 0.748. The molecule has 0 aliphatic rings. The third kappa shape index (κ3) is 3.40. The van der Waals surface area contributed by atoms with Crippen LogP contribution < -0.4 is 4.74 Å². The summed E-state index contributed by atoms with van der Waals surface area (Å²) in [6.07, 6.45) is 4.59. The van der Waals surface area contributed by atoms with Gasteiger partial charge in [-0.2, -0.15) is 0 Å². The molecule has 0 unspecified atom stereocenters. The van der Waals surface area contributed by atoms with Gasteiger partial charge in [0.15, 0.2) is 5.78 Å². The maximum Gasteiger partial charge on any atom is 0.169 e. The van der Waals surface area contributed by atoms with Gasteiger partial charge in [0.25, 0.3) is 0 Å². The molecule has 0 radical (unpaired) electrons. The van der Waals surface area contributed by atoms with Gasteiger partial charge in [0.05, 0.1) is 12.8 Å². The lowest BCUT2D eigenvalue weighted by Gasteiger charge is -2.05. The zero-order chi connectivity index (χ0) is 12.8. The fraction of sp³-hybridized carbons (Fsp3) is 0.286. The van der Waals surface area contributed by atoms with Crippen LogP contribution in [0.5, 0.6) is 5.75 Å². The summed E-state index contributed by atoms with van der Waals surface area (Å²) in [5.41, 5.74) is 0.608. The summed E-state index contributed by atoms with van der Waals surface area (Å²) in [5.74, 6) is 0.737. The van der Waals surface area contributed by atoms with E-state index in [9.17, 15) is 4.79 Å². The zero-order valence-corrected chi connectivity index (χ0v) is 11.1. The fourth-order valence-electron chi connectivity index (χ4n) is 1.54. The Morgan fingerprint density at radius 1 is 1.44 bits per heavy atom. The molecule has 0 aromatic carbocycles. The number of pyridine rings is 1. The lowest BCUT2D eigenvalue weighted by molar-refractivity contribution is 0.0993. The van der Waals surface area contributed by atoms with Crippen molar-refractivity contribution in [3.8, 4) is 5.75 Å². The molecule has 0 aliphatic carbocycles. The number of thiophene rings is 1. The normalized spacial score (nSPS) is 10.3. The van der Waals surface area contributed by atoms with Crippen molar-refractivity contribution < 1.29 is 9.53 Å². The van der Waals surface area contributed by atoms with Crippen LogP contribution in [-0.2, 0) is 6.42 Å². The van der Waals surface area contributed by atoms with Crippen LogP contribution in [0.1, 0.15) is 28.6 Å². The molecule has 0 amide bonds. The number of hydrogen-bond acceptors (Lipinski definition) is 4. The summed E-state index contributed by atoms with van der Waals surface area (Å²) in [4.78, 5) is 17.2. The summed E-state index contributed by atoms with van der Waals surface area (Å²) < 4.78 is 5.47. The zero-order valence-electron chi connectivity index (χ0n) is 10.3. The van der Waals surface area contributed by atoms with E-state index in [2.05, 4.69) is 4.98 Å². The molecule has 2 aromatic rings. The van der Waals surface area contributed by atoms with Crippen LogP contribution in [0.25, 0.3) is 0 Å². The van der Waals surface area contributed by atoms with E-state index in [1.165, 1.54) is 0 Å². The minimum atomic E-state index is 0.0758. The molecular weight excluding hydrogens is 246 g/mol. The Morgan fingerprint density at radius 2 is 2.33 bits per heavy atom. The monoisotopic (exact) mass is 261 g/mol. The average molecular weight is 261 g/mol. The van der Waals surface area contributed by atoms with Gasteiger partial charge in [-0.25, -0.2) is 0 Å². The molecule has 0 N–H and O–H groups in total. The highest BCUT2D eigenvalue weighted by atomic mass is 32.1. The highest BCUT2D eigenvalue weighted by Gasteiger charge is 2.09. The Morgan fingerprint density at radius 3 is 3.06 bits per heavy atom. The largest absolute Gasteiger partial charge is 0.492 e. The van der Waals surface area contributed by atoms with Crippen LogP contribution in [0.3, 0.4) is 0 Å². The van der Waals surface area contributed by atoms with Gasteiger partial charge in [-0.1, -0.05) is 13.0 Å². The van der Waals surface area contributed by atoms with E-state index in [1.807, 2.05) is 24.4 Å². The molecule has 0 atom stereocenters. The first kappa shape index (κ1) is 12.8. The first-order chi connectivity index (χ1) is 8.79. The van der Waals surface area contributed by atoms with Crippen LogP contribution in [0.2, 0.25) is 0 Å². The summed E-state index contributed by atoms with van der Waals surface area (Å²) in [7, 11) is 0. The second kappa shape index (κ2) is 6.31. The second-order valence-electron chi connectivity index (χ2n) is 3.94. The molecule has 2 aromatic heterocycles. The summed E-state index contributed by atoms with van der Waals surface area (Å²) in [5, 5.41) is 1.97. The van der Waals surface area contributed by atoms with Crippen molar-refractivity contribution in [1.82, 2.24) is 4.98 Å². The molecular formula is C14H15NO2S. The molecule has 0 bridgehead atoms. The molecule has 18 heavy (non-hydrogen) atoms. The van der Waals surface area contributed by atoms with Gasteiger partial charge in [-0.15, -0.1) is 11.3 Å². The molecule has 0 aliphatic heterocycles. The number of nitrogens with zero attached hydrogens (tertiary/aromatic N) is 1. The number of aromatic nitrogens is 1. The van der Waals surface area contributed by atoms with Crippen LogP contribution in [-0.4, -0.2) is 17.4 Å². The maximum atomic E-state index is 12.0. The van der Waals surface area contributed by atoms with E-state index in [4.69, 9.17) is 4.74 Å². The van der Waals surface area contributed by atoms with Gasteiger partial charge in [-0.3, -0.25) is 9.78 Å². The first-order valence-corrected chi connectivity index (χ1v) is 6.81. The van der Waals surface area contributed by atoms with Crippen LogP contribution in [0.4, 0.5) is 0 Å². The molecule has 2 rings (SSSR count). The van der Waals surface area contributed by atoms with E-state index in [0.717, 1.165) is 11.3 Å². The molecule has 0 fully saturated rings. The molecule has 0 spiro atoms. The standard InChI is InChI=1S/C14H15NO2S/c1-2-5-17-12-7-11(9-15-10-12)14(16)8-13-4-3-6-18-13/h3-4,6-7,9-10H,2,5,8H2,1H3. The Labute approximate surface area is 110 Å². The number of carbonyl (C=O) groups excluding carboxylic acids is 1. The first-order valence-electron chi connectivity index (χ1n) is 5.93. The summed E-state index contributed by atoms with van der Waals surface area (Å²) >= 11 is 1.59. The molecule has 0 saturated heterocycles. The number of hydrogen-bond donors (Lipinski definition) is 0. The van der Waals surface area contributed by atoms with Gasteiger partial charge >= 0.3 is 0 Å². The predicted octanol–water partition coefficient (Wildman–Crippen LogP) is 3.36. The Balaban J connectivity index is 2.05. The second-order valence-corrected chi connectivity index (χ2v) is 4.97. The van der Waals surface area contributed by atoms with Crippen LogP contribution in [0, 0.1) is 0 Å². The fourth-order valence-corrected chi connectivity index (χ4v) is 2.25. The van der Waals surface area contributed by atoms with Gasteiger partial charge < -0.3 is 4.74 Å². The molecule has 4 heteroatoms. The third-order valence-electron chi connectivity index (χ3n) is 2.42. The minimum Gasteiger partial charge on any atom is -0.492 e. The van der Waals surface area contributed by atoms with Crippen molar-refractivity contribution in [1.29, 1.82) is 0 Å². The minimum absolute atomic E-state index is 0.0758. The van der Waals surface area contributed by atoms with Crippen molar-refractivity contribution >= 4 is 17.1 Å².